The van der Waals surface area contributed by atoms with E-state index in [1.54, 1.807) is 0 Å². The molecule has 1 atom stereocenters. The van der Waals surface area contributed by atoms with Gasteiger partial charge in [0.2, 0.25) is 5.91 Å². The van der Waals surface area contributed by atoms with Crippen LogP contribution in [0.4, 0.5) is 5.69 Å². The molecule has 1 aliphatic rings. The van der Waals surface area contributed by atoms with Crippen molar-refractivity contribution in [3.8, 4) is 0 Å². The predicted molar refractivity (Wildman–Crippen MR) is 111 cm³/mol. The van der Waals surface area contributed by atoms with Gasteiger partial charge in [0.25, 0.3) is 5.91 Å². The van der Waals surface area contributed by atoms with E-state index in [1.165, 1.54) is 5.01 Å². The van der Waals surface area contributed by atoms with Gasteiger partial charge in [0, 0.05) is 38.2 Å². The minimum Gasteiger partial charge on any atom is -0.370 e. The maximum Gasteiger partial charge on any atom is 0.267 e. The zero-order chi connectivity index (χ0) is 19.9. The summed E-state index contributed by atoms with van der Waals surface area (Å²) >= 11 is 0. The van der Waals surface area contributed by atoms with E-state index in [0.717, 1.165) is 11.3 Å². The fraction of sp³-hybridized carbons (Fsp3) is 0.318. The number of nitrogens with one attached hydrogen (secondary N) is 1. The number of hydrazone groups is 1. The van der Waals surface area contributed by atoms with Crippen molar-refractivity contribution in [2.75, 3.05) is 18.5 Å². The second kappa shape index (κ2) is 9.17. The van der Waals surface area contributed by atoms with Crippen LogP contribution in [0, 0.1) is 0 Å². The number of anilines is 1. The molecule has 0 bridgehead atoms. The number of hydrogen-bond acceptors (Lipinski definition) is 4. The number of benzene rings is 2. The van der Waals surface area contributed by atoms with Crippen LogP contribution in [0.1, 0.15) is 25.3 Å². The molecule has 0 radical (unpaired) electrons. The average molecular weight is 378 g/mol. The highest BCUT2D eigenvalue weighted by Crippen LogP contribution is 2.15. The summed E-state index contributed by atoms with van der Waals surface area (Å²) in [5.41, 5.74) is 2.49. The summed E-state index contributed by atoms with van der Waals surface area (Å²) in [6, 6.07) is 19.8. The molecule has 146 valence electrons. The summed E-state index contributed by atoms with van der Waals surface area (Å²) in [4.78, 5) is 26.8. The molecule has 3 rings (SSSR count). The number of amides is 2. The van der Waals surface area contributed by atoms with Crippen LogP contribution in [-0.2, 0) is 16.1 Å². The van der Waals surface area contributed by atoms with Gasteiger partial charge in [0.05, 0.1) is 6.54 Å². The maximum atomic E-state index is 12.6. The van der Waals surface area contributed by atoms with Gasteiger partial charge in [-0.15, -0.1) is 0 Å². The van der Waals surface area contributed by atoms with Crippen molar-refractivity contribution in [3.63, 3.8) is 0 Å². The van der Waals surface area contributed by atoms with E-state index in [2.05, 4.69) is 22.2 Å². The summed E-state index contributed by atoms with van der Waals surface area (Å²) in [7, 11) is 2.00. The van der Waals surface area contributed by atoms with Gasteiger partial charge in [-0.1, -0.05) is 48.5 Å². The molecule has 2 aromatic rings. The van der Waals surface area contributed by atoms with Gasteiger partial charge in [0.15, 0.2) is 0 Å². The molecule has 0 saturated heterocycles. The molecular formula is C22H26N4O2. The molecule has 28 heavy (non-hydrogen) atoms. The van der Waals surface area contributed by atoms with Crippen molar-refractivity contribution in [3.05, 3.63) is 66.2 Å². The van der Waals surface area contributed by atoms with Crippen LogP contribution in [0.25, 0.3) is 0 Å². The van der Waals surface area contributed by atoms with Crippen LogP contribution in [0.2, 0.25) is 0 Å². The molecule has 6 nitrogen and oxygen atoms in total. The molecule has 2 amide bonds. The Hall–Kier alpha value is -3.15. The number of carbonyl (C=O) groups is 2. The Morgan fingerprint density at radius 1 is 1.11 bits per heavy atom. The van der Waals surface area contributed by atoms with Gasteiger partial charge in [-0.3, -0.25) is 9.59 Å². The second-order valence-electron chi connectivity index (χ2n) is 6.99. The first-order chi connectivity index (χ1) is 13.5. The lowest BCUT2D eigenvalue weighted by atomic mass is 10.1. The lowest BCUT2D eigenvalue weighted by Crippen LogP contribution is -2.44. The van der Waals surface area contributed by atoms with Crippen molar-refractivity contribution in [2.24, 2.45) is 5.10 Å². The van der Waals surface area contributed by atoms with Gasteiger partial charge >= 0.3 is 0 Å². The Morgan fingerprint density at radius 2 is 1.75 bits per heavy atom. The summed E-state index contributed by atoms with van der Waals surface area (Å²) in [6.45, 7) is 2.93. The Morgan fingerprint density at radius 3 is 2.43 bits per heavy atom. The number of rotatable bonds is 7. The number of likely N-dealkylation sites (N-methyl/N-ethyl adjacent to an activating group) is 1. The first-order valence-corrected chi connectivity index (χ1v) is 9.52. The molecular weight excluding hydrogens is 352 g/mol. The van der Waals surface area contributed by atoms with E-state index in [9.17, 15) is 9.59 Å². The highest BCUT2D eigenvalue weighted by Gasteiger charge is 2.25. The van der Waals surface area contributed by atoms with E-state index in [-0.39, 0.29) is 17.9 Å². The normalized spacial score (nSPS) is 15.0. The van der Waals surface area contributed by atoms with Gasteiger partial charge in [0.1, 0.15) is 5.71 Å². The quantitative estimate of drug-likeness (QED) is 0.806. The molecule has 0 fully saturated rings. The van der Waals surface area contributed by atoms with Crippen LogP contribution < -0.4 is 10.2 Å². The minimum absolute atomic E-state index is 0.0578. The largest absolute Gasteiger partial charge is 0.370 e. The highest BCUT2D eigenvalue weighted by atomic mass is 16.2. The highest BCUT2D eigenvalue weighted by molar-refractivity contribution is 6.39. The van der Waals surface area contributed by atoms with Gasteiger partial charge in [-0.2, -0.15) is 5.10 Å². The second-order valence-corrected chi connectivity index (χ2v) is 6.99. The van der Waals surface area contributed by atoms with E-state index in [4.69, 9.17) is 0 Å². The van der Waals surface area contributed by atoms with Crippen molar-refractivity contribution in [2.45, 2.75) is 32.4 Å². The summed E-state index contributed by atoms with van der Waals surface area (Å²) in [5, 5.41) is 8.66. The van der Waals surface area contributed by atoms with E-state index >= 15 is 0 Å². The fourth-order valence-electron chi connectivity index (χ4n) is 3.04. The Kier molecular flexibility index (Phi) is 6.42. The lowest BCUT2D eigenvalue weighted by molar-refractivity contribution is -0.132. The van der Waals surface area contributed by atoms with Crippen LogP contribution in [0.5, 0.6) is 0 Å². The fourth-order valence-corrected chi connectivity index (χ4v) is 3.04. The third-order valence-electron chi connectivity index (χ3n) is 4.92. The minimum atomic E-state index is -0.209. The zero-order valence-electron chi connectivity index (χ0n) is 16.3. The van der Waals surface area contributed by atoms with Gasteiger partial charge in [-0.05, 0) is 24.6 Å². The molecule has 1 aliphatic heterocycles. The molecule has 6 heteroatoms. The molecule has 0 aliphatic carbocycles. The van der Waals surface area contributed by atoms with Crippen LogP contribution in [-0.4, -0.2) is 42.2 Å². The van der Waals surface area contributed by atoms with Crippen molar-refractivity contribution < 1.29 is 9.59 Å². The topological polar surface area (TPSA) is 65.0 Å². The molecule has 0 saturated carbocycles. The number of nitrogens with zero attached hydrogens (tertiary/aromatic N) is 3. The summed E-state index contributed by atoms with van der Waals surface area (Å²) in [6.07, 6.45) is 0.678. The average Bonchev–Trinajstić information content (AvgIpc) is 2.74. The van der Waals surface area contributed by atoms with Gasteiger partial charge in [-0.25, -0.2) is 5.01 Å². The summed E-state index contributed by atoms with van der Waals surface area (Å²) < 4.78 is 0. The maximum absolute atomic E-state index is 12.6. The molecule has 1 N–H and O–H groups in total. The molecule has 0 aromatic heterocycles. The van der Waals surface area contributed by atoms with Crippen LogP contribution in [0.3, 0.4) is 0 Å². The summed E-state index contributed by atoms with van der Waals surface area (Å²) in [5.74, 6) is -0.267. The zero-order valence-corrected chi connectivity index (χ0v) is 16.3. The molecule has 2 aromatic carbocycles. The SMILES string of the molecule is C[C@@H](CNC(=O)C1=NN(Cc2ccccc2)C(=O)CC1)N(C)c1ccccc1. The predicted octanol–water partition coefficient (Wildman–Crippen LogP) is 2.81. The van der Waals surface area contributed by atoms with Crippen molar-refractivity contribution >= 4 is 23.2 Å². The smallest absolute Gasteiger partial charge is 0.267 e. The number of para-hydroxylation sites is 1. The molecule has 1 heterocycles. The third kappa shape index (κ3) is 4.97. The molecule has 0 spiro atoms. The Bertz CT molecular complexity index is 836. The molecule has 0 unspecified atom stereocenters. The van der Waals surface area contributed by atoms with E-state index < -0.39 is 0 Å². The van der Waals surface area contributed by atoms with Crippen LogP contribution >= 0.6 is 0 Å². The third-order valence-corrected chi connectivity index (χ3v) is 4.92. The number of hydrogen-bond donors (Lipinski definition) is 1. The van der Waals surface area contributed by atoms with Crippen LogP contribution in [0.15, 0.2) is 65.8 Å². The number of carbonyl (C=O) groups excluding carboxylic acids is 2. The Labute approximate surface area is 165 Å². The first-order valence-electron chi connectivity index (χ1n) is 9.52. The lowest BCUT2D eigenvalue weighted by Gasteiger charge is -2.28. The standard InChI is InChI=1S/C22H26N4O2/c1-17(25(2)19-11-7-4-8-12-19)15-23-22(28)20-13-14-21(27)26(24-20)16-18-9-5-3-6-10-18/h3-12,17H,13-16H2,1-2H3,(H,23,28)/t17-/m0/s1. The van der Waals surface area contributed by atoms with E-state index in [1.807, 2.05) is 67.7 Å². The monoisotopic (exact) mass is 378 g/mol. The van der Waals surface area contributed by atoms with Crippen molar-refractivity contribution in [1.29, 1.82) is 0 Å². The first kappa shape index (κ1) is 19.6. The van der Waals surface area contributed by atoms with E-state index in [0.29, 0.717) is 31.6 Å². The van der Waals surface area contributed by atoms with Gasteiger partial charge < -0.3 is 10.2 Å². The Balaban J connectivity index is 1.58. The van der Waals surface area contributed by atoms with Crippen molar-refractivity contribution in [1.82, 2.24) is 10.3 Å².